The van der Waals surface area contributed by atoms with Crippen LogP contribution in [-0.2, 0) is 0 Å². The first-order valence-corrected chi connectivity index (χ1v) is 7.87. The van der Waals surface area contributed by atoms with Crippen LogP contribution in [0.25, 0.3) is 10.8 Å². The molecule has 5 heteroatoms. The molecule has 21 heavy (non-hydrogen) atoms. The monoisotopic (exact) mass is 338 g/mol. The average molecular weight is 339 g/mol. The van der Waals surface area contributed by atoms with Crippen molar-refractivity contribution in [2.75, 3.05) is 7.11 Å². The van der Waals surface area contributed by atoms with E-state index in [4.69, 9.17) is 27.9 Å². The maximum absolute atomic E-state index is 10.7. The van der Waals surface area contributed by atoms with Crippen LogP contribution in [0.1, 0.15) is 17.2 Å². The number of hydrogen-bond acceptors (Lipinski definition) is 3. The van der Waals surface area contributed by atoms with E-state index >= 15 is 0 Å². The zero-order valence-electron chi connectivity index (χ0n) is 11.1. The molecule has 1 N–H and O–H groups in total. The fourth-order valence-corrected chi connectivity index (χ4v) is 3.94. The van der Waals surface area contributed by atoms with Gasteiger partial charge in [-0.05, 0) is 23.1 Å². The fourth-order valence-electron chi connectivity index (χ4n) is 2.42. The molecule has 3 aromatic rings. The van der Waals surface area contributed by atoms with Gasteiger partial charge in [0.25, 0.3) is 0 Å². The summed E-state index contributed by atoms with van der Waals surface area (Å²) in [7, 11) is 1.63. The second kappa shape index (κ2) is 5.85. The van der Waals surface area contributed by atoms with Gasteiger partial charge in [-0.2, -0.15) is 0 Å². The molecule has 1 atom stereocenters. The van der Waals surface area contributed by atoms with Crippen LogP contribution in [0.2, 0.25) is 8.67 Å². The molecule has 0 saturated carbocycles. The van der Waals surface area contributed by atoms with Gasteiger partial charge >= 0.3 is 0 Å². The van der Waals surface area contributed by atoms with Crippen molar-refractivity contribution in [3.63, 3.8) is 0 Å². The fraction of sp³-hybridized carbons (Fsp3) is 0.125. The molecule has 108 valence electrons. The van der Waals surface area contributed by atoms with E-state index in [9.17, 15) is 5.11 Å². The Balaban J connectivity index is 2.19. The molecule has 1 unspecified atom stereocenters. The smallest absolute Gasteiger partial charge is 0.126 e. The Labute approximate surface area is 136 Å². The van der Waals surface area contributed by atoms with Gasteiger partial charge in [0.15, 0.2) is 0 Å². The van der Waals surface area contributed by atoms with Gasteiger partial charge in [0.1, 0.15) is 16.2 Å². The molecule has 2 aromatic carbocycles. The van der Waals surface area contributed by atoms with E-state index in [-0.39, 0.29) is 0 Å². The van der Waals surface area contributed by atoms with Gasteiger partial charge in [-0.1, -0.05) is 53.5 Å². The van der Waals surface area contributed by atoms with E-state index in [2.05, 4.69) is 0 Å². The topological polar surface area (TPSA) is 29.5 Å². The SMILES string of the molecule is COc1ccc(C(O)c2cc(Cl)sc2Cl)c2ccccc12. The molecule has 0 spiro atoms. The van der Waals surface area contributed by atoms with E-state index < -0.39 is 6.10 Å². The number of hydrogen-bond donors (Lipinski definition) is 1. The summed E-state index contributed by atoms with van der Waals surface area (Å²) in [4.78, 5) is 0. The maximum atomic E-state index is 10.7. The number of thiophene rings is 1. The highest BCUT2D eigenvalue weighted by Gasteiger charge is 2.20. The molecule has 0 radical (unpaired) electrons. The van der Waals surface area contributed by atoms with Crippen molar-refractivity contribution in [2.24, 2.45) is 0 Å². The molecule has 0 fully saturated rings. The van der Waals surface area contributed by atoms with Crippen molar-refractivity contribution in [1.82, 2.24) is 0 Å². The second-order valence-corrected chi connectivity index (χ2v) is 6.87. The number of methoxy groups -OCH3 is 1. The van der Waals surface area contributed by atoms with Crippen LogP contribution in [0.5, 0.6) is 5.75 Å². The van der Waals surface area contributed by atoms with Crippen LogP contribution >= 0.6 is 34.5 Å². The van der Waals surface area contributed by atoms with Crippen LogP contribution in [0.4, 0.5) is 0 Å². The van der Waals surface area contributed by atoms with E-state index in [1.165, 1.54) is 11.3 Å². The van der Waals surface area contributed by atoms with Gasteiger partial charge in [-0.25, -0.2) is 0 Å². The van der Waals surface area contributed by atoms with Gasteiger partial charge < -0.3 is 9.84 Å². The largest absolute Gasteiger partial charge is 0.496 e. The number of benzene rings is 2. The Kier molecular flexibility index (Phi) is 4.09. The predicted molar refractivity (Wildman–Crippen MR) is 88.9 cm³/mol. The summed E-state index contributed by atoms with van der Waals surface area (Å²) in [6, 6.07) is 13.2. The highest BCUT2D eigenvalue weighted by Crippen LogP contribution is 2.40. The molecule has 2 nitrogen and oxygen atoms in total. The maximum Gasteiger partial charge on any atom is 0.126 e. The summed E-state index contributed by atoms with van der Waals surface area (Å²) in [5, 5.41) is 12.6. The number of halogens is 2. The summed E-state index contributed by atoms with van der Waals surface area (Å²) in [6.07, 6.45) is -0.822. The molecule has 3 rings (SSSR count). The first-order valence-electron chi connectivity index (χ1n) is 6.30. The number of aliphatic hydroxyl groups excluding tert-OH is 1. The van der Waals surface area contributed by atoms with Gasteiger partial charge in [-0.3, -0.25) is 0 Å². The van der Waals surface area contributed by atoms with E-state index in [1.807, 2.05) is 36.4 Å². The Hall–Kier alpha value is -1.26. The molecule has 1 aromatic heterocycles. The van der Waals surface area contributed by atoms with E-state index in [0.29, 0.717) is 14.2 Å². The number of aliphatic hydroxyl groups is 1. The lowest BCUT2D eigenvalue weighted by Gasteiger charge is -2.15. The molecular formula is C16H12Cl2O2S. The third kappa shape index (κ3) is 2.62. The quantitative estimate of drug-likeness (QED) is 0.702. The van der Waals surface area contributed by atoms with Gasteiger partial charge in [-0.15, -0.1) is 11.3 Å². The highest BCUT2D eigenvalue weighted by molar-refractivity contribution is 7.20. The second-order valence-electron chi connectivity index (χ2n) is 4.58. The Morgan fingerprint density at radius 2 is 1.76 bits per heavy atom. The van der Waals surface area contributed by atoms with E-state index in [1.54, 1.807) is 13.2 Å². The van der Waals surface area contributed by atoms with Crippen LogP contribution in [0.15, 0.2) is 42.5 Å². The van der Waals surface area contributed by atoms with Crippen LogP contribution < -0.4 is 4.74 Å². The summed E-state index contributed by atoms with van der Waals surface area (Å²) >= 11 is 13.4. The third-order valence-electron chi connectivity index (χ3n) is 3.41. The van der Waals surface area contributed by atoms with Crippen LogP contribution in [0, 0.1) is 0 Å². The van der Waals surface area contributed by atoms with Crippen molar-refractivity contribution in [2.45, 2.75) is 6.10 Å². The Bertz CT molecular complexity index is 798. The standard InChI is InChI=1S/C16H12Cl2O2S/c1-20-13-7-6-11(9-4-2-3-5-10(9)13)15(19)12-8-14(17)21-16(12)18/h2-8,15,19H,1H3. The minimum Gasteiger partial charge on any atom is -0.496 e. The van der Waals surface area contributed by atoms with Crippen molar-refractivity contribution in [3.8, 4) is 5.75 Å². The van der Waals surface area contributed by atoms with Crippen LogP contribution in [-0.4, -0.2) is 12.2 Å². The molecule has 0 aliphatic carbocycles. The molecule has 0 saturated heterocycles. The number of ether oxygens (including phenoxy) is 1. The summed E-state index contributed by atoms with van der Waals surface area (Å²) < 4.78 is 6.44. The molecule has 0 amide bonds. The summed E-state index contributed by atoms with van der Waals surface area (Å²) in [6.45, 7) is 0. The van der Waals surface area contributed by atoms with Crippen molar-refractivity contribution in [3.05, 3.63) is 62.3 Å². The van der Waals surface area contributed by atoms with Gasteiger partial charge in [0.05, 0.1) is 11.4 Å². The molecule has 1 heterocycles. The summed E-state index contributed by atoms with van der Waals surface area (Å²) in [5.74, 6) is 0.774. The predicted octanol–water partition coefficient (Wildman–Crippen LogP) is 5.30. The first-order chi connectivity index (χ1) is 10.1. The number of rotatable bonds is 3. The van der Waals surface area contributed by atoms with Crippen molar-refractivity contribution >= 4 is 45.3 Å². The van der Waals surface area contributed by atoms with Gasteiger partial charge in [0.2, 0.25) is 0 Å². The normalized spacial score (nSPS) is 12.6. The van der Waals surface area contributed by atoms with Crippen molar-refractivity contribution < 1.29 is 9.84 Å². The lowest BCUT2D eigenvalue weighted by Crippen LogP contribution is -2.00. The Morgan fingerprint density at radius 1 is 1.05 bits per heavy atom. The highest BCUT2D eigenvalue weighted by atomic mass is 35.5. The molecule has 0 aliphatic heterocycles. The first kappa shape index (κ1) is 14.7. The number of fused-ring (bicyclic) bond motifs is 1. The zero-order chi connectivity index (χ0) is 15.0. The minimum absolute atomic E-state index is 0.507. The van der Waals surface area contributed by atoms with Crippen molar-refractivity contribution in [1.29, 1.82) is 0 Å². The lowest BCUT2D eigenvalue weighted by molar-refractivity contribution is 0.222. The zero-order valence-corrected chi connectivity index (χ0v) is 13.5. The molecule has 0 bridgehead atoms. The summed E-state index contributed by atoms with van der Waals surface area (Å²) in [5.41, 5.74) is 1.41. The third-order valence-corrected chi connectivity index (χ3v) is 4.93. The van der Waals surface area contributed by atoms with Gasteiger partial charge in [0, 0.05) is 10.9 Å². The minimum atomic E-state index is -0.822. The molecule has 0 aliphatic rings. The molecular weight excluding hydrogens is 327 g/mol. The van der Waals surface area contributed by atoms with E-state index in [0.717, 1.165) is 22.1 Å². The van der Waals surface area contributed by atoms with Crippen LogP contribution in [0.3, 0.4) is 0 Å². The lowest BCUT2D eigenvalue weighted by atomic mass is 9.97. The average Bonchev–Trinajstić information content (AvgIpc) is 2.84. The Morgan fingerprint density at radius 3 is 2.38 bits per heavy atom.